The van der Waals surface area contributed by atoms with Crippen LogP contribution < -0.4 is 5.73 Å². The van der Waals surface area contributed by atoms with Gasteiger partial charge in [0.15, 0.2) is 5.78 Å². The van der Waals surface area contributed by atoms with Gasteiger partial charge in [-0.3, -0.25) is 4.79 Å². The van der Waals surface area contributed by atoms with Gasteiger partial charge >= 0.3 is 0 Å². The van der Waals surface area contributed by atoms with E-state index >= 15 is 0 Å². The van der Waals surface area contributed by atoms with Gasteiger partial charge in [-0.15, -0.1) is 0 Å². The number of ketones is 1. The minimum absolute atomic E-state index is 0.168. The Morgan fingerprint density at radius 2 is 1.89 bits per heavy atom. The Balaban J connectivity index is 1.84. The normalized spacial score (nSPS) is 28.1. The predicted octanol–water partition coefficient (Wildman–Crippen LogP) is 3.26. The van der Waals surface area contributed by atoms with Crippen LogP contribution in [0.5, 0.6) is 0 Å². The van der Waals surface area contributed by atoms with Crippen LogP contribution in [-0.2, 0) is 0 Å². The Bertz CT molecular complexity index is 450. The van der Waals surface area contributed by atoms with E-state index in [2.05, 4.69) is 12.1 Å². The summed E-state index contributed by atoms with van der Waals surface area (Å²) in [7, 11) is 0. The van der Waals surface area contributed by atoms with Crippen LogP contribution in [0.4, 0.5) is 0 Å². The van der Waals surface area contributed by atoms with E-state index < -0.39 is 0 Å². The predicted molar refractivity (Wildman–Crippen MR) is 72.7 cm³/mol. The van der Waals surface area contributed by atoms with Crippen molar-refractivity contribution < 1.29 is 4.79 Å². The van der Waals surface area contributed by atoms with Gasteiger partial charge in [-0.05, 0) is 43.6 Å². The van der Waals surface area contributed by atoms with E-state index in [-0.39, 0.29) is 12.0 Å². The van der Waals surface area contributed by atoms with Crippen molar-refractivity contribution in [1.82, 2.24) is 0 Å². The molecule has 18 heavy (non-hydrogen) atoms. The number of nitrogens with two attached hydrogens (primary N) is 1. The third-order valence-electron chi connectivity index (χ3n) is 4.62. The molecule has 3 rings (SSSR count). The number of carbonyl (C=O) groups is 1. The van der Waals surface area contributed by atoms with Gasteiger partial charge in [-0.25, -0.2) is 0 Å². The van der Waals surface area contributed by atoms with Crippen molar-refractivity contribution in [3.63, 3.8) is 0 Å². The summed E-state index contributed by atoms with van der Waals surface area (Å²) in [5, 5.41) is 0. The van der Waals surface area contributed by atoms with E-state index in [0.717, 1.165) is 24.8 Å². The highest BCUT2D eigenvalue weighted by Crippen LogP contribution is 2.39. The maximum atomic E-state index is 12.6. The molecule has 0 spiro atoms. The van der Waals surface area contributed by atoms with Crippen molar-refractivity contribution in [1.29, 1.82) is 0 Å². The van der Waals surface area contributed by atoms with E-state index in [1.54, 1.807) is 0 Å². The molecule has 2 heteroatoms. The molecule has 2 nitrogen and oxygen atoms in total. The minimum Gasteiger partial charge on any atom is -0.328 e. The lowest BCUT2D eigenvalue weighted by Crippen LogP contribution is -2.20. The van der Waals surface area contributed by atoms with Crippen LogP contribution in [-0.4, -0.2) is 11.8 Å². The molecule has 0 radical (unpaired) electrons. The maximum absolute atomic E-state index is 12.6. The summed E-state index contributed by atoms with van der Waals surface area (Å²) in [4.78, 5) is 12.6. The molecule has 0 saturated heterocycles. The molecule has 0 amide bonds. The zero-order valence-electron chi connectivity index (χ0n) is 10.8. The van der Waals surface area contributed by atoms with Gasteiger partial charge < -0.3 is 5.73 Å². The van der Waals surface area contributed by atoms with Crippen LogP contribution in [0.2, 0.25) is 0 Å². The maximum Gasteiger partial charge on any atom is 0.166 e. The molecule has 2 N–H and O–H groups in total. The number of hydrogen-bond acceptors (Lipinski definition) is 2. The second-order valence-corrected chi connectivity index (χ2v) is 5.85. The monoisotopic (exact) mass is 243 g/mol. The minimum atomic E-state index is 0.168. The van der Waals surface area contributed by atoms with E-state index in [4.69, 9.17) is 5.73 Å². The molecule has 2 saturated carbocycles. The summed E-state index contributed by atoms with van der Waals surface area (Å²) in [5.74, 6) is 1.13. The zero-order valence-corrected chi connectivity index (χ0v) is 10.8. The number of benzene rings is 1. The van der Waals surface area contributed by atoms with E-state index in [0.29, 0.717) is 11.7 Å². The molecule has 2 atom stereocenters. The fourth-order valence-corrected chi connectivity index (χ4v) is 3.27. The first-order valence-corrected chi connectivity index (χ1v) is 7.14. The molecule has 1 aromatic rings. The van der Waals surface area contributed by atoms with Gasteiger partial charge in [0.1, 0.15) is 0 Å². The highest BCUT2D eigenvalue weighted by Gasteiger charge is 2.31. The van der Waals surface area contributed by atoms with Gasteiger partial charge in [-0.1, -0.05) is 30.7 Å². The highest BCUT2D eigenvalue weighted by molar-refractivity contribution is 5.99. The quantitative estimate of drug-likeness (QED) is 0.828. The van der Waals surface area contributed by atoms with Crippen LogP contribution in [0, 0.1) is 5.92 Å². The molecule has 2 aliphatic carbocycles. The summed E-state index contributed by atoms with van der Waals surface area (Å²) in [6.45, 7) is 0. The summed E-state index contributed by atoms with van der Waals surface area (Å²) in [5.41, 5.74) is 8.18. The fourth-order valence-electron chi connectivity index (χ4n) is 3.27. The van der Waals surface area contributed by atoms with Gasteiger partial charge in [0.05, 0.1) is 0 Å². The van der Waals surface area contributed by atoms with Gasteiger partial charge in [0.2, 0.25) is 0 Å². The fraction of sp³-hybridized carbons (Fsp3) is 0.562. The first-order chi connectivity index (χ1) is 8.75. The van der Waals surface area contributed by atoms with Crippen LogP contribution in [0.3, 0.4) is 0 Å². The Morgan fingerprint density at radius 1 is 1.11 bits per heavy atom. The van der Waals surface area contributed by atoms with Crippen LogP contribution in [0.25, 0.3) is 0 Å². The third-order valence-corrected chi connectivity index (χ3v) is 4.62. The second-order valence-electron chi connectivity index (χ2n) is 5.85. The van der Waals surface area contributed by atoms with Crippen molar-refractivity contribution in [2.24, 2.45) is 11.7 Å². The smallest absolute Gasteiger partial charge is 0.166 e. The Morgan fingerprint density at radius 3 is 2.50 bits per heavy atom. The van der Waals surface area contributed by atoms with Crippen LogP contribution in [0.1, 0.15) is 60.4 Å². The molecule has 1 aromatic carbocycles. The third kappa shape index (κ3) is 2.10. The van der Waals surface area contributed by atoms with Gasteiger partial charge in [-0.2, -0.15) is 0 Å². The summed E-state index contributed by atoms with van der Waals surface area (Å²) in [6.07, 6.45) is 6.64. The SMILES string of the molecule is NC1CCC(C(=O)c2ccccc2C2CCC2)C1. The molecule has 2 unspecified atom stereocenters. The van der Waals surface area contributed by atoms with Gasteiger partial charge in [0.25, 0.3) is 0 Å². The van der Waals surface area contributed by atoms with E-state index in [1.165, 1.54) is 24.8 Å². The average Bonchev–Trinajstić information content (AvgIpc) is 2.74. The highest BCUT2D eigenvalue weighted by atomic mass is 16.1. The first kappa shape index (κ1) is 11.9. The van der Waals surface area contributed by atoms with E-state index in [1.807, 2.05) is 12.1 Å². The van der Waals surface area contributed by atoms with Crippen molar-refractivity contribution in [3.8, 4) is 0 Å². The standard InChI is InChI=1S/C16H21NO/c17-13-9-8-12(10-13)16(18)15-7-2-1-6-14(15)11-4-3-5-11/h1-2,6-7,11-13H,3-5,8-10,17H2. The lowest BCUT2D eigenvalue weighted by molar-refractivity contribution is 0.0919. The van der Waals surface area contributed by atoms with Gasteiger partial charge in [0, 0.05) is 17.5 Å². The largest absolute Gasteiger partial charge is 0.328 e. The number of rotatable bonds is 3. The average molecular weight is 243 g/mol. The van der Waals surface area contributed by atoms with Crippen LogP contribution in [0.15, 0.2) is 24.3 Å². The molecule has 0 bridgehead atoms. The summed E-state index contributed by atoms with van der Waals surface area (Å²) >= 11 is 0. The second kappa shape index (κ2) is 4.85. The molecular weight excluding hydrogens is 222 g/mol. The van der Waals surface area contributed by atoms with E-state index in [9.17, 15) is 4.79 Å². The van der Waals surface area contributed by atoms with Crippen molar-refractivity contribution in [3.05, 3.63) is 35.4 Å². The topological polar surface area (TPSA) is 43.1 Å². The first-order valence-electron chi connectivity index (χ1n) is 7.14. The number of carbonyl (C=O) groups excluding carboxylic acids is 1. The molecule has 0 heterocycles. The molecule has 0 aromatic heterocycles. The Labute approximate surface area is 109 Å². The molecular formula is C16H21NO. The summed E-state index contributed by atoms with van der Waals surface area (Å²) in [6, 6.07) is 8.44. The van der Waals surface area contributed by atoms with Crippen LogP contribution >= 0.6 is 0 Å². The number of hydrogen-bond donors (Lipinski definition) is 1. The molecule has 2 fully saturated rings. The van der Waals surface area contributed by atoms with Crippen molar-refractivity contribution in [2.45, 2.75) is 50.5 Å². The lowest BCUT2D eigenvalue weighted by Gasteiger charge is -2.28. The van der Waals surface area contributed by atoms with Crippen molar-refractivity contribution in [2.75, 3.05) is 0 Å². The number of Topliss-reactive ketones (excluding diaryl/α,β-unsaturated/α-hetero) is 1. The lowest BCUT2D eigenvalue weighted by atomic mass is 9.76. The Hall–Kier alpha value is -1.15. The summed E-state index contributed by atoms with van der Waals surface area (Å²) < 4.78 is 0. The Kier molecular flexibility index (Phi) is 3.21. The molecule has 96 valence electrons. The van der Waals surface area contributed by atoms with Crippen molar-refractivity contribution >= 4 is 5.78 Å². The zero-order chi connectivity index (χ0) is 12.5. The molecule has 2 aliphatic rings. The molecule has 0 aliphatic heterocycles.